The number of nitrogens with one attached hydrogen (secondary N) is 1. The third kappa shape index (κ3) is 5.23. The predicted octanol–water partition coefficient (Wildman–Crippen LogP) is 0.206. The fourth-order valence-corrected chi connectivity index (χ4v) is 1.92. The molecule has 1 N–H and O–H groups in total. The maximum absolute atomic E-state index is 11.3. The molecule has 0 aliphatic heterocycles. The van der Waals surface area contributed by atoms with Crippen LogP contribution in [0.2, 0.25) is 0 Å². The highest BCUT2D eigenvalue weighted by atomic mass is 32.2. The van der Waals surface area contributed by atoms with Gasteiger partial charge in [0.15, 0.2) is 0 Å². The monoisotopic (exact) mass is 242 g/mol. The molecule has 0 bridgehead atoms. The summed E-state index contributed by atoms with van der Waals surface area (Å²) >= 11 is 0. The average molecular weight is 242 g/mol. The fraction of sp³-hybridized carbons (Fsp3) is 0.545. The molecule has 16 heavy (non-hydrogen) atoms. The summed E-state index contributed by atoms with van der Waals surface area (Å²) in [6.45, 7) is 2.29. The molecule has 4 nitrogen and oxygen atoms in total. The van der Waals surface area contributed by atoms with E-state index in [1.807, 2.05) is 6.07 Å². The highest BCUT2D eigenvalue weighted by Crippen LogP contribution is 1.83. The molecule has 0 fully saturated rings. The van der Waals surface area contributed by atoms with Gasteiger partial charge in [0.2, 0.25) is 0 Å². The number of aromatic nitrogens is 1. The second kappa shape index (κ2) is 7.35. The molecule has 1 heterocycles. The van der Waals surface area contributed by atoms with Crippen LogP contribution in [0, 0.1) is 0 Å². The summed E-state index contributed by atoms with van der Waals surface area (Å²) in [5, 5.41) is 3.22. The highest BCUT2D eigenvalue weighted by molar-refractivity contribution is 7.84. The zero-order valence-electron chi connectivity index (χ0n) is 9.52. The molecule has 0 aromatic carbocycles. The Labute approximate surface area is 98.1 Å². The number of rotatable bonds is 7. The van der Waals surface area contributed by atoms with Gasteiger partial charge in [-0.15, -0.1) is 0 Å². The molecule has 0 aliphatic rings. The van der Waals surface area contributed by atoms with Gasteiger partial charge in [0.1, 0.15) is 0 Å². The van der Waals surface area contributed by atoms with Gasteiger partial charge < -0.3 is 9.88 Å². The lowest BCUT2D eigenvalue weighted by Gasteiger charge is -2.06. The normalized spacial score (nSPS) is 12.6. The number of hydrogen-bond acceptors (Lipinski definition) is 3. The molecular formula is C11H18N2O2S. The first-order valence-electron chi connectivity index (χ1n) is 5.36. The Morgan fingerprint density at radius 1 is 1.38 bits per heavy atom. The summed E-state index contributed by atoms with van der Waals surface area (Å²) in [7, 11) is -0.706. The van der Waals surface area contributed by atoms with Crippen LogP contribution >= 0.6 is 0 Å². The summed E-state index contributed by atoms with van der Waals surface area (Å²) in [5.74, 6) is 0.734. The van der Waals surface area contributed by atoms with E-state index in [1.54, 1.807) is 29.2 Å². The average Bonchev–Trinajstić information content (AvgIpc) is 2.25. The molecule has 0 saturated carbocycles. The van der Waals surface area contributed by atoms with Crippen LogP contribution in [0.5, 0.6) is 0 Å². The minimum Gasteiger partial charge on any atom is -0.315 e. The number of pyridine rings is 1. The molecule has 0 aliphatic carbocycles. The summed E-state index contributed by atoms with van der Waals surface area (Å²) in [4.78, 5) is 11.3. The minimum atomic E-state index is -0.706. The Kier molecular flexibility index (Phi) is 6.03. The van der Waals surface area contributed by atoms with Crippen molar-refractivity contribution in [3.05, 3.63) is 34.7 Å². The molecule has 0 radical (unpaired) electrons. The second-order valence-corrected chi connectivity index (χ2v) is 5.17. The molecule has 0 saturated heterocycles. The van der Waals surface area contributed by atoms with Crippen molar-refractivity contribution in [2.75, 3.05) is 25.1 Å². The van der Waals surface area contributed by atoms with Gasteiger partial charge >= 0.3 is 0 Å². The minimum absolute atomic E-state index is 0.0268. The van der Waals surface area contributed by atoms with Crippen LogP contribution in [0.4, 0.5) is 0 Å². The summed E-state index contributed by atoms with van der Waals surface area (Å²) in [6, 6.07) is 5.14. The summed E-state index contributed by atoms with van der Waals surface area (Å²) in [5.41, 5.74) is 0.0268. The number of hydrogen-bond donors (Lipinski definition) is 1. The van der Waals surface area contributed by atoms with Gasteiger partial charge in [-0.25, -0.2) is 0 Å². The Morgan fingerprint density at radius 3 is 2.88 bits per heavy atom. The van der Waals surface area contributed by atoms with Gasteiger partial charge in [-0.3, -0.25) is 9.00 Å². The first-order valence-corrected chi connectivity index (χ1v) is 7.09. The van der Waals surface area contributed by atoms with E-state index in [2.05, 4.69) is 5.32 Å². The zero-order valence-corrected chi connectivity index (χ0v) is 10.3. The molecule has 1 rings (SSSR count). The topological polar surface area (TPSA) is 51.1 Å². The van der Waals surface area contributed by atoms with E-state index in [9.17, 15) is 9.00 Å². The molecule has 1 unspecified atom stereocenters. The van der Waals surface area contributed by atoms with E-state index in [1.165, 1.54) is 0 Å². The van der Waals surface area contributed by atoms with Crippen LogP contribution in [-0.2, 0) is 17.3 Å². The van der Waals surface area contributed by atoms with Crippen molar-refractivity contribution in [3.63, 3.8) is 0 Å². The van der Waals surface area contributed by atoms with E-state index in [-0.39, 0.29) is 5.56 Å². The molecule has 90 valence electrons. The van der Waals surface area contributed by atoms with Crippen LogP contribution < -0.4 is 10.9 Å². The van der Waals surface area contributed by atoms with Gasteiger partial charge in [-0.05, 0) is 19.0 Å². The van der Waals surface area contributed by atoms with Gasteiger partial charge in [-0.1, -0.05) is 6.07 Å². The molecule has 0 amide bonds. The Morgan fingerprint density at radius 2 is 2.19 bits per heavy atom. The van der Waals surface area contributed by atoms with E-state index < -0.39 is 10.8 Å². The van der Waals surface area contributed by atoms with Gasteiger partial charge in [0.25, 0.3) is 5.56 Å². The summed E-state index contributed by atoms with van der Waals surface area (Å²) in [6.07, 6.45) is 4.40. The van der Waals surface area contributed by atoms with E-state index in [0.717, 1.165) is 25.3 Å². The third-order valence-electron chi connectivity index (χ3n) is 2.21. The van der Waals surface area contributed by atoms with Crippen LogP contribution in [0.3, 0.4) is 0 Å². The Bertz CT molecular complexity index is 390. The van der Waals surface area contributed by atoms with Crippen molar-refractivity contribution in [2.45, 2.75) is 13.0 Å². The standard InChI is InChI=1S/C11H18N2O2S/c1-16(15)10-4-6-12-7-9-13-8-3-2-5-11(13)14/h2-3,5,8,12H,4,6-7,9-10H2,1H3. The molecular weight excluding hydrogens is 224 g/mol. The van der Waals surface area contributed by atoms with Crippen LogP contribution in [0.25, 0.3) is 0 Å². The van der Waals surface area contributed by atoms with Crippen LogP contribution in [0.1, 0.15) is 6.42 Å². The summed E-state index contributed by atoms with van der Waals surface area (Å²) < 4.78 is 12.5. The largest absolute Gasteiger partial charge is 0.315 e. The van der Waals surface area contributed by atoms with Crippen LogP contribution in [-0.4, -0.2) is 33.9 Å². The zero-order chi connectivity index (χ0) is 11.8. The predicted molar refractivity (Wildman–Crippen MR) is 67.1 cm³/mol. The lowest BCUT2D eigenvalue weighted by atomic mass is 10.4. The third-order valence-corrected chi connectivity index (χ3v) is 3.08. The molecule has 1 atom stereocenters. The van der Waals surface area contributed by atoms with Crippen molar-refractivity contribution >= 4 is 10.8 Å². The van der Waals surface area contributed by atoms with Gasteiger partial charge in [0, 0.05) is 48.2 Å². The molecule has 1 aromatic rings. The maximum Gasteiger partial charge on any atom is 0.250 e. The molecule has 5 heteroatoms. The van der Waals surface area contributed by atoms with Crippen molar-refractivity contribution in [1.29, 1.82) is 0 Å². The fourth-order valence-electron chi connectivity index (χ4n) is 1.37. The van der Waals surface area contributed by atoms with Crippen molar-refractivity contribution in [3.8, 4) is 0 Å². The second-order valence-electron chi connectivity index (χ2n) is 3.61. The van der Waals surface area contributed by atoms with E-state index >= 15 is 0 Å². The Hall–Kier alpha value is -0.940. The quantitative estimate of drug-likeness (QED) is 0.695. The molecule has 1 aromatic heterocycles. The first kappa shape index (κ1) is 13.1. The smallest absolute Gasteiger partial charge is 0.250 e. The highest BCUT2D eigenvalue weighted by Gasteiger charge is 1.94. The van der Waals surface area contributed by atoms with Crippen molar-refractivity contribution in [1.82, 2.24) is 9.88 Å². The van der Waals surface area contributed by atoms with E-state index in [4.69, 9.17) is 0 Å². The Balaban J connectivity index is 2.14. The maximum atomic E-state index is 11.3. The van der Waals surface area contributed by atoms with Crippen molar-refractivity contribution in [2.24, 2.45) is 0 Å². The van der Waals surface area contributed by atoms with Gasteiger partial charge in [-0.2, -0.15) is 0 Å². The van der Waals surface area contributed by atoms with Crippen LogP contribution in [0.15, 0.2) is 29.2 Å². The number of nitrogens with zero attached hydrogens (tertiary/aromatic N) is 1. The van der Waals surface area contributed by atoms with E-state index in [0.29, 0.717) is 6.54 Å². The van der Waals surface area contributed by atoms with Crippen molar-refractivity contribution < 1.29 is 4.21 Å². The lowest BCUT2D eigenvalue weighted by molar-refractivity contribution is 0.582. The first-order chi connectivity index (χ1) is 7.70. The SMILES string of the molecule is CS(=O)CCCNCCn1ccccc1=O. The lowest BCUT2D eigenvalue weighted by Crippen LogP contribution is -2.27. The van der Waals surface area contributed by atoms with Gasteiger partial charge in [0.05, 0.1) is 0 Å². The molecule has 0 spiro atoms.